The number of aliphatic hydroxyl groups is 1. The number of hydroxylamine groups is 1. The maximum atomic E-state index is 13.1. The van der Waals surface area contributed by atoms with Crippen molar-refractivity contribution in [3.05, 3.63) is 107 Å². The summed E-state index contributed by atoms with van der Waals surface area (Å²) >= 11 is 0. The fourth-order valence-electron chi connectivity index (χ4n) is 3.97. The summed E-state index contributed by atoms with van der Waals surface area (Å²) in [4.78, 5) is 24.3. The van der Waals surface area contributed by atoms with Crippen LogP contribution in [0, 0.1) is 5.82 Å². The molecule has 0 radical (unpaired) electrons. The van der Waals surface area contributed by atoms with Gasteiger partial charge in [-0.1, -0.05) is 47.7 Å². The second-order valence-electron chi connectivity index (χ2n) is 8.54. The van der Waals surface area contributed by atoms with Crippen LogP contribution < -0.4 is 10.8 Å². The van der Waals surface area contributed by atoms with Crippen LogP contribution in [0.4, 0.5) is 4.39 Å². The molecule has 2 amide bonds. The number of halogens is 1. The molecule has 0 bridgehead atoms. The lowest BCUT2D eigenvalue weighted by Crippen LogP contribution is -2.25. The summed E-state index contributed by atoms with van der Waals surface area (Å²) in [5, 5.41) is 29.5. The highest BCUT2D eigenvalue weighted by atomic mass is 19.1. The van der Waals surface area contributed by atoms with Gasteiger partial charge in [0.15, 0.2) is 0 Å². The predicted molar refractivity (Wildman–Crippen MR) is 133 cm³/mol. The molecule has 4 N–H and O–H groups in total. The summed E-state index contributed by atoms with van der Waals surface area (Å²) in [6, 6.07) is 20.2. The van der Waals surface area contributed by atoms with E-state index in [0.29, 0.717) is 17.7 Å². The smallest absolute Gasteiger partial charge is 0.251 e. The molecule has 0 saturated carbocycles. The van der Waals surface area contributed by atoms with Crippen LogP contribution >= 0.6 is 0 Å². The molecule has 10 heteroatoms. The summed E-state index contributed by atoms with van der Waals surface area (Å²) in [6.07, 6.45) is 2.01. The number of hydrogen-bond acceptors (Lipinski definition) is 6. The van der Waals surface area contributed by atoms with E-state index in [0.717, 1.165) is 22.3 Å². The van der Waals surface area contributed by atoms with Gasteiger partial charge in [0.25, 0.3) is 5.91 Å². The first-order valence-electron chi connectivity index (χ1n) is 11.6. The predicted octanol–water partition coefficient (Wildman–Crippen LogP) is 3.19. The normalized spacial score (nSPS) is 11.6. The Hall–Kier alpha value is -4.41. The Morgan fingerprint density at radius 2 is 1.65 bits per heavy atom. The molecule has 0 saturated heterocycles. The van der Waals surface area contributed by atoms with Gasteiger partial charge in [-0.2, -0.15) is 0 Å². The molecule has 37 heavy (non-hydrogen) atoms. The first-order valence-corrected chi connectivity index (χ1v) is 11.6. The lowest BCUT2D eigenvalue weighted by molar-refractivity contribution is -0.130. The second kappa shape index (κ2) is 12.0. The number of aromatic nitrogens is 3. The number of aliphatic hydroxyl groups excluding tert-OH is 1. The van der Waals surface area contributed by atoms with E-state index >= 15 is 0 Å². The van der Waals surface area contributed by atoms with Gasteiger partial charge in [-0.05, 0) is 59.0 Å². The summed E-state index contributed by atoms with van der Waals surface area (Å²) in [7, 11) is 0. The standard InChI is InChI=1S/C27H26FN5O4/c28-23-9-7-20(8-10-23)27(36)29-15-24-16-33(32-30-24)25(14-26(35)31-37)13-18-3-1-5-21(11-18)22-6-2-4-19(12-22)17-34/h1-12,16,25,34,37H,13-15,17H2,(H,29,36)(H,31,35). The quantitative estimate of drug-likeness (QED) is 0.194. The first kappa shape index (κ1) is 25.7. The molecule has 0 aliphatic carbocycles. The van der Waals surface area contributed by atoms with Crippen molar-refractivity contribution >= 4 is 11.8 Å². The van der Waals surface area contributed by atoms with E-state index in [1.807, 2.05) is 48.5 Å². The molecule has 0 spiro atoms. The molecule has 1 atom stereocenters. The third-order valence-corrected chi connectivity index (χ3v) is 5.86. The van der Waals surface area contributed by atoms with E-state index < -0.39 is 17.8 Å². The first-order chi connectivity index (χ1) is 17.9. The Morgan fingerprint density at radius 1 is 0.973 bits per heavy atom. The topological polar surface area (TPSA) is 129 Å². The third kappa shape index (κ3) is 6.84. The number of rotatable bonds is 10. The minimum absolute atomic E-state index is 0.0501. The SMILES string of the molecule is O=C(CC(Cc1cccc(-c2cccc(CO)c2)c1)n1cc(CNC(=O)c2ccc(F)cc2)nn1)NO. The van der Waals surface area contributed by atoms with Gasteiger partial charge in [0, 0.05) is 5.56 Å². The molecule has 0 aliphatic heterocycles. The number of amides is 2. The Balaban J connectivity index is 1.48. The zero-order chi connectivity index (χ0) is 26.2. The lowest BCUT2D eigenvalue weighted by Gasteiger charge is -2.17. The van der Waals surface area contributed by atoms with Gasteiger partial charge in [0.2, 0.25) is 5.91 Å². The van der Waals surface area contributed by atoms with Crippen LogP contribution in [-0.2, 0) is 24.4 Å². The highest BCUT2D eigenvalue weighted by molar-refractivity contribution is 5.94. The number of hydrogen-bond donors (Lipinski definition) is 4. The van der Waals surface area contributed by atoms with Crippen LogP contribution in [0.5, 0.6) is 0 Å². The molecule has 4 rings (SSSR count). The largest absolute Gasteiger partial charge is 0.392 e. The minimum Gasteiger partial charge on any atom is -0.392 e. The average molecular weight is 504 g/mol. The third-order valence-electron chi connectivity index (χ3n) is 5.86. The number of benzene rings is 3. The van der Waals surface area contributed by atoms with Crippen LogP contribution in [0.2, 0.25) is 0 Å². The van der Waals surface area contributed by atoms with Gasteiger partial charge in [0.1, 0.15) is 11.5 Å². The van der Waals surface area contributed by atoms with E-state index in [1.165, 1.54) is 28.9 Å². The fraction of sp³-hybridized carbons (Fsp3) is 0.185. The van der Waals surface area contributed by atoms with Crippen LogP contribution in [0.3, 0.4) is 0 Å². The average Bonchev–Trinajstić information content (AvgIpc) is 3.41. The molecule has 190 valence electrons. The van der Waals surface area contributed by atoms with E-state index in [2.05, 4.69) is 15.6 Å². The zero-order valence-corrected chi connectivity index (χ0v) is 19.8. The molecule has 1 unspecified atom stereocenters. The van der Waals surface area contributed by atoms with E-state index in [9.17, 15) is 19.1 Å². The molecule has 3 aromatic carbocycles. The van der Waals surface area contributed by atoms with Crippen molar-refractivity contribution in [2.45, 2.75) is 32.0 Å². The Labute approximate surface area is 212 Å². The second-order valence-corrected chi connectivity index (χ2v) is 8.54. The van der Waals surface area contributed by atoms with Crippen LogP contribution in [-0.4, -0.2) is 37.1 Å². The van der Waals surface area contributed by atoms with Crippen LogP contribution in [0.15, 0.2) is 79.0 Å². The molecule has 0 fully saturated rings. The summed E-state index contributed by atoms with van der Waals surface area (Å²) in [6.45, 7) is 0.0384. The molecule has 1 heterocycles. The lowest BCUT2D eigenvalue weighted by atomic mass is 9.97. The highest BCUT2D eigenvalue weighted by Crippen LogP contribution is 2.25. The van der Waals surface area contributed by atoms with Gasteiger partial charge in [0.05, 0.1) is 31.8 Å². The Kier molecular flexibility index (Phi) is 8.34. The maximum absolute atomic E-state index is 13.1. The molecule has 0 aliphatic rings. The molecular formula is C27H26FN5O4. The molecular weight excluding hydrogens is 477 g/mol. The van der Waals surface area contributed by atoms with Crippen molar-refractivity contribution in [1.29, 1.82) is 0 Å². The van der Waals surface area contributed by atoms with E-state index in [4.69, 9.17) is 5.21 Å². The van der Waals surface area contributed by atoms with Crippen molar-refractivity contribution in [1.82, 2.24) is 25.8 Å². The van der Waals surface area contributed by atoms with Crippen molar-refractivity contribution in [3.8, 4) is 11.1 Å². The summed E-state index contributed by atoms with van der Waals surface area (Å²) in [5.74, 6) is -1.38. The number of carbonyl (C=O) groups excluding carboxylic acids is 2. The monoisotopic (exact) mass is 503 g/mol. The van der Waals surface area contributed by atoms with Crippen LogP contribution in [0.1, 0.15) is 39.6 Å². The van der Waals surface area contributed by atoms with Gasteiger partial charge >= 0.3 is 0 Å². The zero-order valence-electron chi connectivity index (χ0n) is 19.8. The Morgan fingerprint density at radius 3 is 2.32 bits per heavy atom. The highest BCUT2D eigenvalue weighted by Gasteiger charge is 2.19. The van der Waals surface area contributed by atoms with Gasteiger partial charge < -0.3 is 10.4 Å². The molecule has 4 aromatic rings. The van der Waals surface area contributed by atoms with Gasteiger partial charge in [-0.3, -0.25) is 14.8 Å². The number of carbonyl (C=O) groups is 2. The Bertz CT molecular complexity index is 1370. The van der Waals surface area contributed by atoms with E-state index in [-0.39, 0.29) is 25.5 Å². The fourth-order valence-corrected chi connectivity index (χ4v) is 3.97. The van der Waals surface area contributed by atoms with Crippen molar-refractivity contribution < 1.29 is 24.3 Å². The van der Waals surface area contributed by atoms with Crippen molar-refractivity contribution in [2.75, 3.05) is 0 Å². The number of nitrogens with zero attached hydrogens (tertiary/aromatic N) is 3. The summed E-state index contributed by atoms with van der Waals surface area (Å²) in [5.41, 5.74) is 6.11. The number of nitrogens with one attached hydrogen (secondary N) is 2. The minimum atomic E-state index is -0.571. The van der Waals surface area contributed by atoms with Crippen molar-refractivity contribution in [2.24, 2.45) is 0 Å². The van der Waals surface area contributed by atoms with Gasteiger partial charge in [-0.15, -0.1) is 5.10 Å². The van der Waals surface area contributed by atoms with Crippen molar-refractivity contribution in [3.63, 3.8) is 0 Å². The maximum Gasteiger partial charge on any atom is 0.251 e. The van der Waals surface area contributed by atoms with Gasteiger partial charge in [-0.25, -0.2) is 14.6 Å². The van der Waals surface area contributed by atoms with Crippen LogP contribution in [0.25, 0.3) is 11.1 Å². The summed E-state index contributed by atoms with van der Waals surface area (Å²) < 4.78 is 14.6. The molecule has 1 aromatic heterocycles. The van der Waals surface area contributed by atoms with E-state index in [1.54, 1.807) is 11.7 Å². The molecule has 9 nitrogen and oxygen atoms in total.